The van der Waals surface area contributed by atoms with E-state index in [-0.39, 0.29) is 0 Å². The molecule has 0 unspecified atom stereocenters. The van der Waals surface area contributed by atoms with Gasteiger partial charge < -0.3 is 0 Å². The third-order valence-corrected chi connectivity index (χ3v) is 3.23. The first-order valence-corrected chi connectivity index (χ1v) is 5.35. The van der Waals surface area contributed by atoms with Crippen LogP contribution in [0.1, 0.15) is 11.1 Å². The van der Waals surface area contributed by atoms with E-state index >= 15 is 0 Å². The van der Waals surface area contributed by atoms with E-state index < -0.39 is 0 Å². The number of nitrogens with zero attached hydrogens (tertiary/aromatic N) is 3. The van der Waals surface area contributed by atoms with Gasteiger partial charge >= 0.3 is 0 Å². The van der Waals surface area contributed by atoms with Crippen LogP contribution in [-0.2, 0) is 5.75 Å². The van der Waals surface area contributed by atoms with Gasteiger partial charge in [-0.3, -0.25) is 0 Å². The van der Waals surface area contributed by atoms with Gasteiger partial charge in [0, 0.05) is 19.9 Å². The summed E-state index contributed by atoms with van der Waals surface area (Å²) in [5.74, 6) is 0.663. The summed E-state index contributed by atoms with van der Waals surface area (Å²) in [4.78, 5) is 2.75. The molecule has 0 heterocycles. The molecule has 1 rings (SSSR count). The Morgan fingerprint density at radius 3 is 2.85 bits per heavy atom. The highest BCUT2D eigenvalue weighted by atomic mass is 127. The van der Waals surface area contributed by atoms with E-state index in [4.69, 9.17) is 5.53 Å². The topological polar surface area (TPSA) is 48.8 Å². The highest BCUT2D eigenvalue weighted by molar-refractivity contribution is 14.1. The number of halogens is 1. The van der Waals surface area contributed by atoms with E-state index in [2.05, 4.69) is 45.2 Å². The predicted octanol–water partition coefficient (Wildman–Crippen LogP) is 3.97. The lowest BCUT2D eigenvalue weighted by molar-refractivity contribution is 1.27. The Labute approximate surface area is 95.7 Å². The number of hydrogen-bond acceptors (Lipinski definition) is 2. The molecule has 3 nitrogen and oxygen atoms in total. The van der Waals surface area contributed by atoms with Gasteiger partial charge in [0.1, 0.15) is 0 Å². The lowest BCUT2D eigenvalue weighted by Gasteiger charge is -2.05. The van der Waals surface area contributed by atoms with E-state index in [1.807, 2.05) is 19.1 Å². The van der Waals surface area contributed by atoms with E-state index in [0.29, 0.717) is 11.4 Å². The molecule has 13 heavy (non-hydrogen) atoms. The van der Waals surface area contributed by atoms with Gasteiger partial charge in [0.05, 0.1) is 0 Å². The Bertz CT molecular complexity index is 372. The Morgan fingerprint density at radius 1 is 1.62 bits per heavy atom. The third-order valence-electron chi connectivity index (χ3n) is 1.77. The highest BCUT2D eigenvalue weighted by Gasteiger charge is 2.02. The first-order chi connectivity index (χ1) is 6.19. The van der Waals surface area contributed by atoms with Gasteiger partial charge in [-0.2, -0.15) is 12.6 Å². The second kappa shape index (κ2) is 4.74. The van der Waals surface area contributed by atoms with E-state index in [1.54, 1.807) is 0 Å². The standard InChI is InChI=1S/C8H8IN3S/c1-5-6(4-13)2-7(11-12-10)3-8(5)9/h2-3,13H,4H2,1H3. The minimum atomic E-state index is 0.654. The summed E-state index contributed by atoms with van der Waals surface area (Å²) in [6.45, 7) is 2.03. The molecule has 1 aromatic rings. The summed E-state index contributed by atoms with van der Waals surface area (Å²) in [6.07, 6.45) is 0. The smallest absolute Gasteiger partial charge is 0.0389 e. The summed E-state index contributed by atoms with van der Waals surface area (Å²) < 4.78 is 1.10. The van der Waals surface area contributed by atoms with Crippen LogP contribution in [0.25, 0.3) is 10.4 Å². The van der Waals surface area contributed by atoms with Crippen LogP contribution in [0.3, 0.4) is 0 Å². The summed E-state index contributed by atoms with van der Waals surface area (Å²) >= 11 is 6.43. The quantitative estimate of drug-likeness (QED) is 0.283. The molecule has 0 amide bonds. The molecule has 5 heteroatoms. The normalized spacial score (nSPS) is 9.46. The van der Waals surface area contributed by atoms with Gasteiger partial charge in [0.25, 0.3) is 0 Å². The van der Waals surface area contributed by atoms with Gasteiger partial charge in [0.2, 0.25) is 0 Å². The van der Waals surface area contributed by atoms with Gasteiger partial charge in [-0.05, 0) is 58.3 Å². The lowest BCUT2D eigenvalue weighted by atomic mass is 10.1. The summed E-state index contributed by atoms with van der Waals surface area (Å²) in [5.41, 5.74) is 11.2. The lowest BCUT2D eigenvalue weighted by Crippen LogP contribution is -1.88. The van der Waals surface area contributed by atoms with Crippen LogP contribution >= 0.6 is 35.2 Å². The van der Waals surface area contributed by atoms with Crippen molar-refractivity contribution in [1.82, 2.24) is 0 Å². The van der Waals surface area contributed by atoms with Gasteiger partial charge in [-0.15, -0.1) is 0 Å². The molecular formula is C8H8IN3S. The minimum absolute atomic E-state index is 0.654. The SMILES string of the molecule is Cc1c(I)cc(N=[N+]=[N-])cc1CS. The molecule has 0 aromatic heterocycles. The molecule has 68 valence electrons. The third kappa shape index (κ3) is 2.52. The Balaban J connectivity index is 3.29. The molecule has 0 N–H and O–H groups in total. The summed E-state index contributed by atoms with van der Waals surface area (Å²) in [6, 6.07) is 3.73. The van der Waals surface area contributed by atoms with Crippen LogP contribution in [0.15, 0.2) is 17.2 Å². The van der Waals surface area contributed by atoms with Crippen molar-refractivity contribution in [3.05, 3.63) is 37.3 Å². The van der Waals surface area contributed by atoms with Crippen LogP contribution in [0.2, 0.25) is 0 Å². The van der Waals surface area contributed by atoms with Crippen LogP contribution in [-0.4, -0.2) is 0 Å². The zero-order valence-electron chi connectivity index (χ0n) is 7.03. The number of rotatable bonds is 2. The maximum absolute atomic E-state index is 8.28. The Kier molecular flexibility index (Phi) is 3.90. The Hall–Kier alpha value is -0.390. The second-order valence-electron chi connectivity index (χ2n) is 2.56. The highest BCUT2D eigenvalue weighted by Crippen LogP contribution is 2.25. The van der Waals surface area contributed by atoms with Crippen molar-refractivity contribution in [1.29, 1.82) is 0 Å². The monoisotopic (exact) mass is 305 g/mol. The fraction of sp³-hybridized carbons (Fsp3) is 0.250. The van der Waals surface area contributed by atoms with E-state index in [1.165, 1.54) is 5.56 Å². The second-order valence-corrected chi connectivity index (χ2v) is 4.04. The van der Waals surface area contributed by atoms with Crippen molar-refractivity contribution >= 4 is 40.9 Å². The van der Waals surface area contributed by atoms with E-state index in [9.17, 15) is 0 Å². The molecule has 0 fully saturated rings. The molecule has 1 aromatic carbocycles. The number of thiol groups is 1. The average molecular weight is 305 g/mol. The maximum atomic E-state index is 8.28. The molecule has 0 aliphatic heterocycles. The zero-order valence-corrected chi connectivity index (χ0v) is 10.1. The van der Waals surface area contributed by atoms with Gasteiger partial charge in [0.15, 0.2) is 0 Å². The van der Waals surface area contributed by atoms with Crippen LogP contribution in [0.4, 0.5) is 5.69 Å². The van der Waals surface area contributed by atoms with Crippen LogP contribution < -0.4 is 0 Å². The molecule has 0 radical (unpaired) electrons. The molecule has 0 saturated carbocycles. The van der Waals surface area contributed by atoms with E-state index in [0.717, 1.165) is 9.13 Å². The zero-order chi connectivity index (χ0) is 9.84. The van der Waals surface area contributed by atoms with Gasteiger partial charge in [-0.25, -0.2) is 0 Å². The fourth-order valence-corrected chi connectivity index (χ4v) is 1.99. The average Bonchev–Trinajstić information content (AvgIpc) is 2.11. The fourth-order valence-electron chi connectivity index (χ4n) is 0.994. The van der Waals surface area contributed by atoms with Crippen LogP contribution in [0.5, 0.6) is 0 Å². The minimum Gasteiger partial charge on any atom is -0.175 e. The first kappa shape index (κ1) is 10.7. The summed E-state index contributed by atoms with van der Waals surface area (Å²) in [7, 11) is 0. The molecule has 0 atom stereocenters. The van der Waals surface area contributed by atoms with Crippen molar-refractivity contribution in [2.24, 2.45) is 5.11 Å². The number of benzene rings is 1. The van der Waals surface area contributed by atoms with Gasteiger partial charge in [-0.1, -0.05) is 5.11 Å². The number of hydrogen-bond donors (Lipinski definition) is 1. The maximum Gasteiger partial charge on any atom is 0.0389 e. The van der Waals surface area contributed by atoms with Crippen molar-refractivity contribution in [2.75, 3.05) is 0 Å². The molecule has 0 saturated heterocycles. The molecule has 0 aliphatic rings. The van der Waals surface area contributed by atoms with Crippen LogP contribution in [0, 0.1) is 10.5 Å². The number of azide groups is 1. The van der Waals surface area contributed by atoms with Crippen molar-refractivity contribution in [3.63, 3.8) is 0 Å². The molecule has 0 bridgehead atoms. The largest absolute Gasteiger partial charge is 0.175 e. The molecular weight excluding hydrogens is 297 g/mol. The van der Waals surface area contributed by atoms with Crippen molar-refractivity contribution in [3.8, 4) is 0 Å². The summed E-state index contributed by atoms with van der Waals surface area (Å²) in [5, 5.41) is 3.56. The molecule has 0 aliphatic carbocycles. The first-order valence-electron chi connectivity index (χ1n) is 3.64. The molecule has 0 spiro atoms. The Morgan fingerprint density at radius 2 is 2.31 bits per heavy atom. The van der Waals surface area contributed by atoms with Crippen molar-refractivity contribution in [2.45, 2.75) is 12.7 Å². The van der Waals surface area contributed by atoms with Crippen molar-refractivity contribution < 1.29 is 0 Å². The predicted molar refractivity (Wildman–Crippen MR) is 65.4 cm³/mol.